The lowest BCUT2D eigenvalue weighted by Crippen LogP contribution is -2.34. The highest BCUT2D eigenvalue weighted by Crippen LogP contribution is 2.36. The summed E-state index contributed by atoms with van der Waals surface area (Å²) in [5, 5.41) is 4.80. The Balaban J connectivity index is 0.698. The number of hydrogen-bond acceptors (Lipinski definition) is 12. The zero-order chi connectivity index (χ0) is 40.3. The predicted molar refractivity (Wildman–Crippen MR) is 217 cm³/mol. The number of ether oxygens (including phenoxy) is 5. The van der Waals surface area contributed by atoms with Gasteiger partial charge in [-0.3, -0.25) is 23.5 Å². The van der Waals surface area contributed by atoms with Crippen LogP contribution in [0.3, 0.4) is 0 Å². The van der Waals surface area contributed by atoms with Gasteiger partial charge in [0.2, 0.25) is 0 Å². The van der Waals surface area contributed by atoms with Crippen LogP contribution in [-0.4, -0.2) is 114 Å². The van der Waals surface area contributed by atoms with Crippen molar-refractivity contribution < 1.29 is 38.1 Å². The molecule has 0 radical (unpaired) electrons. The van der Waals surface area contributed by atoms with Crippen LogP contribution in [0.2, 0.25) is 0 Å². The molecule has 3 aromatic heterocycles. The number of rotatable bonds is 21. The Labute approximate surface area is 338 Å². The summed E-state index contributed by atoms with van der Waals surface area (Å²) in [7, 11) is 1.73. The van der Waals surface area contributed by atoms with E-state index in [-0.39, 0.29) is 36.1 Å². The first-order chi connectivity index (χ1) is 28.4. The van der Waals surface area contributed by atoms with Gasteiger partial charge in [-0.1, -0.05) is 12.1 Å². The van der Waals surface area contributed by atoms with Crippen LogP contribution in [0.5, 0.6) is 0 Å². The Bertz CT molecular complexity index is 2060. The number of carbonyl (C=O) groups excluding carboxylic acids is 3. The molecule has 314 valence electrons. The molecule has 3 fully saturated rings. The Morgan fingerprint density at radius 3 is 2.36 bits per heavy atom. The molecule has 1 saturated heterocycles. The van der Waals surface area contributed by atoms with Gasteiger partial charge in [0, 0.05) is 51.9 Å². The highest BCUT2D eigenvalue weighted by atomic mass is 16.6. The van der Waals surface area contributed by atoms with Crippen LogP contribution in [0.25, 0.3) is 22.1 Å². The number of H-pyrrole nitrogens is 1. The van der Waals surface area contributed by atoms with E-state index >= 15 is 0 Å². The number of aryl methyl sites for hydroxylation is 2. The standard InChI is InChI=1S/C43H58N6O9/c1-48-40-31(4-2-6-37(40)49(43(48)53)36-12-11-33(50)25-38(36)52)5-3-15-54-18-19-56-20-21-57-22-23-58-27-34(51)24-29-7-9-32(10-8-29)47-42-39-35(30-13-16-55-17-14-30)26-44-41(39)45-28-46-42/h2,4,6,26,28-30,32,36H,3,5,7-25,27H2,1H3,(H2,44,45,46,47). The van der Waals surface area contributed by atoms with Gasteiger partial charge in [-0.05, 0) is 86.8 Å². The molecule has 7 rings (SSSR count). The predicted octanol–water partition coefficient (Wildman–Crippen LogP) is 5.00. The van der Waals surface area contributed by atoms with E-state index in [1.807, 2.05) is 18.2 Å². The molecule has 0 bridgehead atoms. The van der Waals surface area contributed by atoms with Gasteiger partial charge in [0.05, 0.1) is 68.5 Å². The lowest BCUT2D eigenvalue weighted by atomic mass is 9.83. The third kappa shape index (κ3) is 10.5. The first kappa shape index (κ1) is 41.9. The van der Waals surface area contributed by atoms with E-state index in [2.05, 4.69) is 26.5 Å². The van der Waals surface area contributed by atoms with Crippen LogP contribution in [0, 0.1) is 5.92 Å². The van der Waals surface area contributed by atoms with Crippen molar-refractivity contribution >= 4 is 45.2 Å². The number of imidazole rings is 1. The topological polar surface area (TPSA) is 178 Å². The van der Waals surface area contributed by atoms with E-state index in [9.17, 15) is 19.2 Å². The van der Waals surface area contributed by atoms with Crippen LogP contribution >= 0.6 is 0 Å². The minimum Gasteiger partial charge on any atom is -0.381 e. The molecule has 2 N–H and O–H groups in total. The number of aromatic nitrogens is 5. The quantitative estimate of drug-likeness (QED) is 0.0853. The maximum absolute atomic E-state index is 13.2. The van der Waals surface area contributed by atoms with Crippen LogP contribution in [-0.2, 0) is 51.5 Å². The van der Waals surface area contributed by atoms with E-state index in [4.69, 9.17) is 23.7 Å². The van der Waals surface area contributed by atoms with E-state index in [0.717, 1.165) is 91.6 Å². The summed E-state index contributed by atoms with van der Waals surface area (Å²) in [6.07, 6.45) is 12.3. The summed E-state index contributed by atoms with van der Waals surface area (Å²) in [5.74, 6) is 1.62. The molecule has 15 nitrogen and oxygen atoms in total. The van der Waals surface area contributed by atoms with E-state index in [1.54, 1.807) is 22.5 Å². The highest BCUT2D eigenvalue weighted by Gasteiger charge is 2.32. The maximum Gasteiger partial charge on any atom is 0.329 e. The second-order valence-corrected chi connectivity index (χ2v) is 15.9. The van der Waals surface area contributed by atoms with Gasteiger partial charge in [-0.2, -0.15) is 0 Å². The zero-order valence-corrected chi connectivity index (χ0v) is 33.7. The van der Waals surface area contributed by atoms with Gasteiger partial charge in [-0.15, -0.1) is 0 Å². The monoisotopic (exact) mass is 802 g/mol. The van der Waals surface area contributed by atoms with Crippen molar-refractivity contribution in [1.82, 2.24) is 24.1 Å². The first-order valence-electron chi connectivity index (χ1n) is 21.1. The molecule has 1 aromatic carbocycles. The van der Waals surface area contributed by atoms with Crippen molar-refractivity contribution in [2.45, 2.75) is 95.1 Å². The van der Waals surface area contributed by atoms with Crippen molar-refractivity contribution in [3.05, 3.63) is 52.3 Å². The van der Waals surface area contributed by atoms with Crippen LogP contribution in [0.15, 0.2) is 35.5 Å². The van der Waals surface area contributed by atoms with Gasteiger partial charge in [-0.25, -0.2) is 14.8 Å². The van der Waals surface area contributed by atoms with Crippen molar-refractivity contribution in [1.29, 1.82) is 0 Å². The third-order valence-corrected chi connectivity index (χ3v) is 11.9. The molecule has 1 aliphatic heterocycles. The van der Waals surface area contributed by atoms with Gasteiger partial charge in [0.15, 0.2) is 11.6 Å². The number of para-hydroxylation sites is 1. The number of benzene rings is 1. The number of Topliss-reactive ketones (excluding diaryl/α,β-unsaturated/α-hetero) is 3. The fourth-order valence-corrected chi connectivity index (χ4v) is 8.88. The number of carbonyl (C=O) groups is 3. The molecule has 3 aliphatic rings. The Morgan fingerprint density at radius 2 is 1.62 bits per heavy atom. The molecule has 15 heteroatoms. The maximum atomic E-state index is 13.2. The number of ketones is 3. The fraction of sp³-hybridized carbons (Fsp3) is 0.628. The highest BCUT2D eigenvalue weighted by molar-refractivity contribution is 6.03. The van der Waals surface area contributed by atoms with E-state index in [1.165, 1.54) is 5.56 Å². The summed E-state index contributed by atoms with van der Waals surface area (Å²) >= 11 is 0. The molecule has 1 atom stereocenters. The average Bonchev–Trinajstić information content (AvgIpc) is 3.78. The van der Waals surface area contributed by atoms with Crippen molar-refractivity contribution in [2.24, 2.45) is 13.0 Å². The minimum atomic E-state index is -0.594. The average molecular weight is 803 g/mol. The van der Waals surface area contributed by atoms with Gasteiger partial charge >= 0.3 is 5.69 Å². The molecule has 0 spiro atoms. The number of aromatic amines is 1. The van der Waals surface area contributed by atoms with Gasteiger partial charge < -0.3 is 34.0 Å². The lowest BCUT2D eigenvalue weighted by Gasteiger charge is -2.29. The summed E-state index contributed by atoms with van der Waals surface area (Å²) in [4.78, 5) is 62.6. The normalized spacial score (nSPS) is 20.7. The molecule has 2 aliphatic carbocycles. The molecular weight excluding hydrogens is 745 g/mol. The number of nitrogens with one attached hydrogen (secondary N) is 2. The number of nitrogens with zero attached hydrogens (tertiary/aromatic N) is 4. The van der Waals surface area contributed by atoms with Crippen LogP contribution in [0.4, 0.5) is 5.82 Å². The second kappa shape index (κ2) is 20.6. The number of fused-ring (bicyclic) bond motifs is 2. The molecular formula is C43H58N6O9. The summed E-state index contributed by atoms with van der Waals surface area (Å²) in [6, 6.07) is 5.51. The van der Waals surface area contributed by atoms with E-state index < -0.39 is 6.04 Å². The largest absolute Gasteiger partial charge is 0.381 e. The zero-order valence-electron chi connectivity index (χ0n) is 33.7. The molecule has 58 heavy (non-hydrogen) atoms. The SMILES string of the molecule is Cn1c(=O)n(C2CCC(=O)CC2=O)c2cccc(CCCOCCOCCOCCOCC(=O)CC3CCC(Nc4ncnc5[nH]cc(C6CCOCC6)c45)CC3)c21. The minimum absolute atomic E-state index is 0.0615. The van der Waals surface area contributed by atoms with E-state index in [0.29, 0.717) is 89.8 Å². The Morgan fingerprint density at radius 1 is 0.897 bits per heavy atom. The molecule has 2 saturated carbocycles. The third-order valence-electron chi connectivity index (χ3n) is 11.9. The van der Waals surface area contributed by atoms with Crippen LogP contribution in [0.1, 0.15) is 93.7 Å². The number of anilines is 1. The Kier molecular flexibility index (Phi) is 14.9. The second-order valence-electron chi connectivity index (χ2n) is 15.9. The molecule has 0 amide bonds. The smallest absolute Gasteiger partial charge is 0.329 e. The van der Waals surface area contributed by atoms with Gasteiger partial charge in [0.25, 0.3) is 0 Å². The molecule has 4 aromatic rings. The Hall–Kier alpha value is -4.28. The molecule has 1 unspecified atom stereocenters. The lowest BCUT2D eigenvalue weighted by molar-refractivity contribution is -0.132. The van der Waals surface area contributed by atoms with Gasteiger partial charge in [0.1, 0.15) is 30.2 Å². The van der Waals surface area contributed by atoms with Crippen molar-refractivity contribution in [2.75, 3.05) is 71.4 Å². The number of hydrogen-bond donors (Lipinski definition) is 2. The van der Waals surface area contributed by atoms with Crippen molar-refractivity contribution in [3.8, 4) is 0 Å². The van der Waals surface area contributed by atoms with Crippen molar-refractivity contribution in [3.63, 3.8) is 0 Å². The first-order valence-corrected chi connectivity index (χ1v) is 21.1. The molecule has 4 heterocycles. The summed E-state index contributed by atoms with van der Waals surface area (Å²) in [5.41, 5.74) is 4.48. The summed E-state index contributed by atoms with van der Waals surface area (Å²) < 4.78 is 31.3. The fourth-order valence-electron chi connectivity index (χ4n) is 8.88. The summed E-state index contributed by atoms with van der Waals surface area (Å²) in [6.45, 7) is 4.77. The van der Waals surface area contributed by atoms with Crippen LogP contribution < -0.4 is 11.0 Å².